The molecule has 0 unspecified atom stereocenters. The highest BCUT2D eigenvalue weighted by Gasteiger charge is 2.50. The Balaban J connectivity index is 2.05. The van der Waals surface area contributed by atoms with Gasteiger partial charge in [-0.15, -0.1) is 0 Å². The first-order valence-corrected chi connectivity index (χ1v) is 6.50. The van der Waals surface area contributed by atoms with Gasteiger partial charge in [0.1, 0.15) is 0 Å². The van der Waals surface area contributed by atoms with E-state index in [1.54, 1.807) is 0 Å². The van der Waals surface area contributed by atoms with E-state index in [9.17, 15) is 0 Å². The van der Waals surface area contributed by atoms with Crippen molar-refractivity contribution in [3.05, 3.63) is 24.4 Å². The summed E-state index contributed by atoms with van der Waals surface area (Å²) in [5, 5.41) is 8.37. The molecule has 1 aliphatic rings. The molecule has 4 heteroatoms. The molecular formula is C14H19BN2O. The molecule has 1 aromatic carbocycles. The van der Waals surface area contributed by atoms with Gasteiger partial charge in [0.05, 0.1) is 17.3 Å². The molecule has 1 saturated heterocycles. The van der Waals surface area contributed by atoms with E-state index < -0.39 is 0 Å². The minimum absolute atomic E-state index is 0.0974. The number of hydrogen-bond donors (Lipinski definition) is 1. The summed E-state index contributed by atoms with van der Waals surface area (Å²) in [6, 6.07) is 6.30. The summed E-state index contributed by atoms with van der Waals surface area (Å²) in [6.45, 7) is 9.07. The third-order valence-electron chi connectivity index (χ3n) is 4.62. The van der Waals surface area contributed by atoms with Crippen molar-refractivity contribution in [2.24, 2.45) is 5.41 Å². The zero-order chi connectivity index (χ0) is 13.0. The molecule has 0 atom stereocenters. The fourth-order valence-electron chi connectivity index (χ4n) is 2.70. The van der Waals surface area contributed by atoms with Crippen LogP contribution in [-0.2, 0) is 4.65 Å². The Labute approximate surface area is 108 Å². The van der Waals surface area contributed by atoms with Gasteiger partial charge in [-0.05, 0) is 31.0 Å². The van der Waals surface area contributed by atoms with E-state index in [1.807, 2.05) is 6.20 Å². The van der Waals surface area contributed by atoms with Crippen molar-refractivity contribution >= 4 is 23.3 Å². The largest absolute Gasteiger partial charge is 0.425 e. The van der Waals surface area contributed by atoms with Gasteiger partial charge in [0.25, 0.3) is 0 Å². The van der Waals surface area contributed by atoms with Gasteiger partial charge in [-0.1, -0.05) is 32.0 Å². The van der Waals surface area contributed by atoms with E-state index in [4.69, 9.17) is 4.65 Å². The summed E-state index contributed by atoms with van der Waals surface area (Å²) in [5.74, 6) is 0. The minimum atomic E-state index is -0.0974. The number of para-hydroxylation sites is 1. The molecule has 94 valence electrons. The van der Waals surface area contributed by atoms with Crippen LogP contribution in [0.2, 0.25) is 6.32 Å². The molecule has 3 nitrogen and oxygen atoms in total. The highest BCUT2D eigenvalue weighted by molar-refractivity contribution is 6.70. The van der Waals surface area contributed by atoms with Crippen LogP contribution in [0.1, 0.15) is 27.7 Å². The van der Waals surface area contributed by atoms with E-state index in [1.165, 1.54) is 5.46 Å². The quantitative estimate of drug-likeness (QED) is 0.780. The van der Waals surface area contributed by atoms with Gasteiger partial charge < -0.3 is 4.65 Å². The highest BCUT2D eigenvalue weighted by atomic mass is 16.5. The molecule has 1 aromatic heterocycles. The summed E-state index contributed by atoms with van der Waals surface area (Å²) < 4.78 is 6.28. The van der Waals surface area contributed by atoms with Gasteiger partial charge in [-0.25, -0.2) is 0 Å². The molecular weight excluding hydrogens is 223 g/mol. The Hall–Kier alpha value is -1.29. The Bertz CT molecular complexity index is 572. The molecule has 0 amide bonds. The fourth-order valence-corrected chi connectivity index (χ4v) is 2.70. The molecule has 1 N–H and O–H groups in total. The van der Waals surface area contributed by atoms with E-state index in [0.29, 0.717) is 0 Å². The second-order valence-electron chi connectivity index (χ2n) is 6.39. The first kappa shape index (κ1) is 11.8. The number of nitrogens with one attached hydrogen (secondary N) is 1. The fraction of sp³-hybridized carbons (Fsp3) is 0.500. The lowest BCUT2D eigenvalue weighted by Crippen LogP contribution is -2.36. The SMILES string of the molecule is CC1(C)CB(c2cccc3cn[nH]c23)OC1(C)C. The monoisotopic (exact) mass is 242 g/mol. The highest BCUT2D eigenvalue weighted by Crippen LogP contribution is 2.45. The second-order valence-corrected chi connectivity index (χ2v) is 6.39. The van der Waals surface area contributed by atoms with Crippen LogP contribution >= 0.6 is 0 Å². The van der Waals surface area contributed by atoms with Crippen molar-refractivity contribution in [1.29, 1.82) is 0 Å². The number of H-pyrrole nitrogens is 1. The lowest BCUT2D eigenvalue weighted by Gasteiger charge is -2.34. The lowest BCUT2D eigenvalue weighted by atomic mass is 9.54. The predicted molar refractivity (Wildman–Crippen MR) is 75.2 cm³/mol. The summed E-state index contributed by atoms with van der Waals surface area (Å²) in [7, 11) is 0. The van der Waals surface area contributed by atoms with E-state index in [-0.39, 0.29) is 17.9 Å². The maximum absolute atomic E-state index is 6.28. The van der Waals surface area contributed by atoms with Gasteiger partial charge in [-0.2, -0.15) is 5.10 Å². The van der Waals surface area contributed by atoms with Crippen LogP contribution in [0.4, 0.5) is 0 Å². The smallest absolute Gasteiger partial charge is 0.330 e. The van der Waals surface area contributed by atoms with E-state index in [0.717, 1.165) is 17.2 Å². The normalized spacial score (nSPS) is 21.7. The number of aromatic amines is 1. The molecule has 1 aliphatic heterocycles. The third-order valence-corrected chi connectivity index (χ3v) is 4.62. The minimum Gasteiger partial charge on any atom is -0.425 e. The molecule has 0 aliphatic carbocycles. The Kier molecular flexibility index (Phi) is 2.36. The Morgan fingerprint density at radius 1 is 1.28 bits per heavy atom. The average molecular weight is 242 g/mol. The maximum atomic E-state index is 6.28. The summed E-state index contributed by atoms with van der Waals surface area (Å²) >= 11 is 0. The van der Waals surface area contributed by atoms with Crippen LogP contribution in [0, 0.1) is 5.41 Å². The van der Waals surface area contributed by atoms with Crippen LogP contribution in [-0.4, -0.2) is 22.7 Å². The predicted octanol–water partition coefficient (Wildman–Crippen LogP) is 2.60. The van der Waals surface area contributed by atoms with Crippen molar-refractivity contribution in [2.45, 2.75) is 39.6 Å². The number of nitrogens with zero attached hydrogens (tertiary/aromatic N) is 1. The van der Waals surface area contributed by atoms with Crippen molar-refractivity contribution in [2.75, 3.05) is 0 Å². The first-order chi connectivity index (χ1) is 8.41. The molecule has 0 radical (unpaired) electrons. The zero-order valence-corrected chi connectivity index (χ0v) is 11.4. The summed E-state index contributed by atoms with van der Waals surface area (Å²) in [5.41, 5.74) is 2.42. The Morgan fingerprint density at radius 3 is 2.72 bits per heavy atom. The summed E-state index contributed by atoms with van der Waals surface area (Å²) in [4.78, 5) is 0. The van der Waals surface area contributed by atoms with Gasteiger partial charge in [0.2, 0.25) is 0 Å². The van der Waals surface area contributed by atoms with Crippen LogP contribution in [0.15, 0.2) is 24.4 Å². The number of aromatic nitrogens is 2. The molecule has 18 heavy (non-hydrogen) atoms. The van der Waals surface area contributed by atoms with E-state index in [2.05, 4.69) is 56.1 Å². The van der Waals surface area contributed by atoms with Crippen molar-refractivity contribution in [3.8, 4) is 0 Å². The third kappa shape index (κ3) is 1.59. The standard InChI is InChI=1S/C14H19BN2O/c1-13(2)9-15(18-14(13,3)4)11-7-5-6-10-8-16-17-12(10)11/h5-8H,9H2,1-4H3,(H,16,17). The zero-order valence-electron chi connectivity index (χ0n) is 11.4. The maximum Gasteiger partial charge on any atom is 0.330 e. The Morgan fingerprint density at radius 2 is 2.06 bits per heavy atom. The molecule has 0 saturated carbocycles. The van der Waals surface area contributed by atoms with Crippen molar-refractivity contribution < 1.29 is 4.65 Å². The van der Waals surface area contributed by atoms with Crippen molar-refractivity contribution in [3.63, 3.8) is 0 Å². The topological polar surface area (TPSA) is 37.9 Å². The van der Waals surface area contributed by atoms with Gasteiger partial charge >= 0.3 is 6.92 Å². The molecule has 1 fully saturated rings. The number of fused-ring (bicyclic) bond motifs is 1. The van der Waals surface area contributed by atoms with Crippen LogP contribution in [0.5, 0.6) is 0 Å². The van der Waals surface area contributed by atoms with Gasteiger partial charge in [0, 0.05) is 5.39 Å². The molecule has 2 aromatic rings. The van der Waals surface area contributed by atoms with E-state index >= 15 is 0 Å². The molecule has 0 spiro atoms. The molecule has 2 heterocycles. The first-order valence-electron chi connectivity index (χ1n) is 6.50. The number of hydrogen-bond acceptors (Lipinski definition) is 2. The summed E-state index contributed by atoms with van der Waals surface area (Å²) in [6.07, 6.45) is 2.90. The number of rotatable bonds is 1. The molecule has 3 rings (SSSR count). The lowest BCUT2D eigenvalue weighted by molar-refractivity contribution is 0.0376. The van der Waals surface area contributed by atoms with Crippen molar-refractivity contribution in [1.82, 2.24) is 10.2 Å². The average Bonchev–Trinajstić information content (AvgIpc) is 2.81. The van der Waals surface area contributed by atoms with Gasteiger partial charge in [-0.3, -0.25) is 5.10 Å². The van der Waals surface area contributed by atoms with Gasteiger partial charge in [0.15, 0.2) is 0 Å². The molecule has 0 bridgehead atoms. The second kappa shape index (κ2) is 3.61. The van der Waals surface area contributed by atoms with Crippen LogP contribution in [0.25, 0.3) is 10.9 Å². The van der Waals surface area contributed by atoms with Crippen LogP contribution in [0.3, 0.4) is 0 Å². The number of benzene rings is 1. The van der Waals surface area contributed by atoms with Crippen LogP contribution < -0.4 is 5.46 Å².